The maximum absolute atomic E-state index is 10.2. The van der Waals surface area contributed by atoms with Crippen molar-refractivity contribution >= 4 is 17.6 Å². The van der Waals surface area contributed by atoms with E-state index in [9.17, 15) is 10.1 Å². The third-order valence-electron chi connectivity index (χ3n) is 2.21. The van der Waals surface area contributed by atoms with E-state index < -0.39 is 4.92 Å². The minimum absolute atomic E-state index is 0.487. The first-order valence-corrected chi connectivity index (χ1v) is 5.34. The van der Waals surface area contributed by atoms with Crippen LogP contribution in [0.4, 0.5) is 11.5 Å². The van der Waals surface area contributed by atoms with E-state index in [4.69, 9.17) is 0 Å². The summed E-state index contributed by atoms with van der Waals surface area (Å²) in [7, 11) is 0. The minimum Gasteiger partial charge on any atom is -0.340 e. The molecule has 90 valence electrons. The van der Waals surface area contributed by atoms with Crippen molar-refractivity contribution in [2.75, 3.05) is 5.32 Å². The van der Waals surface area contributed by atoms with Crippen molar-refractivity contribution in [3.05, 3.63) is 70.5 Å². The summed E-state index contributed by atoms with van der Waals surface area (Å²) >= 11 is 0. The number of benzene rings is 1. The Morgan fingerprint density at radius 3 is 2.83 bits per heavy atom. The molecule has 0 atom stereocenters. The number of aromatic nitrogens is 1. The Hall–Kier alpha value is -2.69. The summed E-state index contributed by atoms with van der Waals surface area (Å²) in [6.07, 6.45) is 4.06. The van der Waals surface area contributed by atoms with E-state index in [0.29, 0.717) is 0 Å². The zero-order chi connectivity index (χ0) is 12.8. The van der Waals surface area contributed by atoms with Crippen LogP contribution in [0.25, 0.3) is 6.08 Å². The summed E-state index contributed by atoms with van der Waals surface area (Å²) in [5, 5.41) is 13.4. The van der Waals surface area contributed by atoms with E-state index in [1.807, 2.05) is 36.4 Å². The predicted molar refractivity (Wildman–Crippen MR) is 70.0 cm³/mol. The fraction of sp³-hybridized carbons (Fsp3) is 0. The molecular formula is C13H11N3O2. The Balaban J connectivity index is 2.15. The topological polar surface area (TPSA) is 68.1 Å². The molecule has 0 saturated carbocycles. The molecule has 0 unspecified atom stereocenters. The molecule has 1 heterocycles. The van der Waals surface area contributed by atoms with Crippen LogP contribution in [0.15, 0.2) is 54.9 Å². The average molecular weight is 241 g/mol. The van der Waals surface area contributed by atoms with Crippen LogP contribution in [0.1, 0.15) is 5.56 Å². The van der Waals surface area contributed by atoms with Gasteiger partial charge in [0.05, 0.1) is 4.92 Å². The molecule has 5 nitrogen and oxygen atoms in total. The monoisotopic (exact) mass is 241 g/mol. The first-order chi connectivity index (χ1) is 8.74. The number of nitrogens with zero attached hydrogens (tertiary/aromatic N) is 2. The van der Waals surface area contributed by atoms with Gasteiger partial charge in [0.15, 0.2) is 0 Å². The molecule has 0 bridgehead atoms. The number of nitro groups is 1. The molecule has 0 fully saturated rings. The second-order valence-corrected chi connectivity index (χ2v) is 3.57. The van der Waals surface area contributed by atoms with Crippen LogP contribution in [0.5, 0.6) is 0 Å². The first-order valence-electron chi connectivity index (χ1n) is 5.34. The van der Waals surface area contributed by atoms with Gasteiger partial charge in [0.2, 0.25) is 6.20 Å². The van der Waals surface area contributed by atoms with Gasteiger partial charge >= 0.3 is 0 Å². The van der Waals surface area contributed by atoms with E-state index in [2.05, 4.69) is 10.3 Å². The van der Waals surface area contributed by atoms with Crippen LogP contribution in [-0.2, 0) is 0 Å². The second kappa shape index (κ2) is 5.58. The van der Waals surface area contributed by atoms with Crippen molar-refractivity contribution in [1.29, 1.82) is 0 Å². The predicted octanol–water partition coefficient (Wildman–Crippen LogP) is 3.07. The molecule has 0 aliphatic heterocycles. The van der Waals surface area contributed by atoms with Gasteiger partial charge in [0.25, 0.3) is 0 Å². The highest BCUT2D eigenvalue weighted by atomic mass is 16.6. The third-order valence-corrected chi connectivity index (χ3v) is 2.21. The number of nitrogens with one attached hydrogen (secondary N) is 1. The van der Waals surface area contributed by atoms with Crippen molar-refractivity contribution in [2.24, 2.45) is 0 Å². The van der Waals surface area contributed by atoms with Crippen LogP contribution in [0.3, 0.4) is 0 Å². The van der Waals surface area contributed by atoms with E-state index in [1.54, 1.807) is 12.3 Å². The highest BCUT2D eigenvalue weighted by Crippen LogP contribution is 2.16. The number of hydrogen-bond donors (Lipinski definition) is 1. The zero-order valence-corrected chi connectivity index (χ0v) is 9.48. The Kier molecular flexibility index (Phi) is 3.66. The van der Waals surface area contributed by atoms with Crippen LogP contribution in [0.2, 0.25) is 0 Å². The number of rotatable bonds is 4. The van der Waals surface area contributed by atoms with Crippen molar-refractivity contribution < 1.29 is 4.92 Å². The summed E-state index contributed by atoms with van der Waals surface area (Å²) in [4.78, 5) is 13.9. The number of pyridine rings is 1. The van der Waals surface area contributed by atoms with Crippen LogP contribution in [0, 0.1) is 10.1 Å². The SMILES string of the molecule is O=[N+]([O-])/C=C/c1cccc(Nc2ccccn2)c1. The smallest absolute Gasteiger partial charge is 0.235 e. The van der Waals surface area contributed by atoms with E-state index in [-0.39, 0.29) is 0 Å². The van der Waals surface area contributed by atoms with Crippen LogP contribution < -0.4 is 5.32 Å². The normalized spacial score (nSPS) is 10.4. The zero-order valence-electron chi connectivity index (χ0n) is 9.48. The van der Waals surface area contributed by atoms with Gasteiger partial charge in [-0.15, -0.1) is 0 Å². The van der Waals surface area contributed by atoms with Crippen molar-refractivity contribution in [2.45, 2.75) is 0 Å². The van der Waals surface area contributed by atoms with Gasteiger partial charge in [-0.05, 0) is 29.8 Å². The van der Waals surface area contributed by atoms with Crippen molar-refractivity contribution in [3.8, 4) is 0 Å². The molecule has 5 heteroatoms. The Bertz CT molecular complexity index is 567. The molecule has 0 aliphatic carbocycles. The molecule has 0 spiro atoms. The lowest BCUT2D eigenvalue weighted by atomic mass is 10.2. The van der Waals surface area contributed by atoms with Gasteiger partial charge in [-0.25, -0.2) is 4.98 Å². The molecule has 1 aromatic carbocycles. The summed E-state index contributed by atoms with van der Waals surface area (Å²) in [5.41, 5.74) is 1.59. The lowest BCUT2D eigenvalue weighted by molar-refractivity contribution is -0.400. The van der Waals surface area contributed by atoms with E-state index in [1.165, 1.54) is 6.08 Å². The molecule has 0 amide bonds. The average Bonchev–Trinajstić information content (AvgIpc) is 2.38. The van der Waals surface area contributed by atoms with Gasteiger partial charge < -0.3 is 5.32 Å². The van der Waals surface area contributed by atoms with Gasteiger partial charge in [0, 0.05) is 18.0 Å². The molecule has 0 radical (unpaired) electrons. The van der Waals surface area contributed by atoms with Crippen LogP contribution in [-0.4, -0.2) is 9.91 Å². The summed E-state index contributed by atoms with van der Waals surface area (Å²) < 4.78 is 0. The third kappa shape index (κ3) is 3.41. The van der Waals surface area contributed by atoms with Gasteiger partial charge in [-0.2, -0.15) is 0 Å². The largest absolute Gasteiger partial charge is 0.340 e. The Labute approximate surface area is 104 Å². The van der Waals surface area contributed by atoms with Crippen molar-refractivity contribution in [1.82, 2.24) is 4.98 Å². The molecule has 1 aromatic heterocycles. The maximum atomic E-state index is 10.2. The lowest BCUT2D eigenvalue weighted by Crippen LogP contribution is -1.92. The number of hydrogen-bond acceptors (Lipinski definition) is 4. The van der Waals surface area contributed by atoms with Gasteiger partial charge in [-0.3, -0.25) is 10.1 Å². The molecule has 0 saturated heterocycles. The van der Waals surface area contributed by atoms with E-state index >= 15 is 0 Å². The Morgan fingerprint density at radius 2 is 2.11 bits per heavy atom. The summed E-state index contributed by atoms with van der Waals surface area (Å²) in [5.74, 6) is 0.730. The quantitative estimate of drug-likeness (QED) is 0.659. The molecule has 2 aromatic rings. The van der Waals surface area contributed by atoms with Crippen molar-refractivity contribution in [3.63, 3.8) is 0 Å². The van der Waals surface area contributed by atoms with Crippen LogP contribution >= 0.6 is 0 Å². The number of anilines is 2. The standard InChI is InChI=1S/C13H11N3O2/c17-16(18)9-7-11-4-3-5-12(10-11)15-13-6-1-2-8-14-13/h1-10H,(H,14,15)/b9-7+. The van der Waals surface area contributed by atoms with Gasteiger partial charge in [-0.1, -0.05) is 18.2 Å². The highest BCUT2D eigenvalue weighted by molar-refractivity contribution is 5.61. The molecular weight excluding hydrogens is 230 g/mol. The molecule has 2 rings (SSSR count). The maximum Gasteiger partial charge on any atom is 0.235 e. The first kappa shape index (κ1) is 11.8. The minimum atomic E-state index is -0.487. The lowest BCUT2D eigenvalue weighted by Gasteiger charge is -2.05. The fourth-order valence-corrected chi connectivity index (χ4v) is 1.45. The molecule has 1 N–H and O–H groups in total. The van der Waals surface area contributed by atoms with E-state index in [0.717, 1.165) is 23.3 Å². The highest BCUT2D eigenvalue weighted by Gasteiger charge is 1.96. The van der Waals surface area contributed by atoms with Gasteiger partial charge in [0.1, 0.15) is 5.82 Å². The summed E-state index contributed by atoms with van der Waals surface area (Å²) in [6.45, 7) is 0. The second-order valence-electron chi connectivity index (χ2n) is 3.57. The fourth-order valence-electron chi connectivity index (χ4n) is 1.45. The molecule has 18 heavy (non-hydrogen) atoms. The molecule has 0 aliphatic rings. The Morgan fingerprint density at radius 1 is 1.22 bits per heavy atom. The summed E-state index contributed by atoms with van der Waals surface area (Å²) in [6, 6.07) is 12.9.